The smallest absolute Gasteiger partial charge is 0.346 e. The molecule has 0 aliphatic rings. The van der Waals surface area contributed by atoms with Crippen LogP contribution in [0.2, 0.25) is 0 Å². The Labute approximate surface area is 101 Å². The Morgan fingerprint density at radius 3 is 2.59 bits per heavy atom. The molecule has 0 bridgehead atoms. The lowest BCUT2D eigenvalue weighted by molar-refractivity contribution is 0.282. The number of aromatic nitrogens is 2. The summed E-state index contributed by atoms with van der Waals surface area (Å²) in [5, 5.41) is 11.7. The van der Waals surface area contributed by atoms with Crippen molar-refractivity contribution >= 4 is 5.82 Å². The van der Waals surface area contributed by atoms with Crippen LogP contribution < -0.4 is 11.0 Å². The highest BCUT2D eigenvalue weighted by atomic mass is 16.2. The minimum Gasteiger partial charge on any atom is -0.396 e. The second-order valence-corrected chi connectivity index (χ2v) is 4.05. The maximum atomic E-state index is 10.9. The van der Waals surface area contributed by atoms with Crippen LogP contribution in [0.1, 0.15) is 38.5 Å². The van der Waals surface area contributed by atoms with Crippen LogP contribution in [0, 0.1) is 0 Å². The maximum absolute atomic E-state index is 10.9. The summed E-state index contributed by atoms with van der Waals surface area (Å²) in [6.07, 6.45) is 8.24. The molecule has 0 aromatic carbocycles. The van der Waals surface area contributed by atoms with E-state index in [9.17, 15) is 4.79 Å². The standard InChI is InChI=1S/C12H21N3O2/c16-10-6-4-2-1-3-5-8-13-11-7-9-14-12(17)15-11/h7,9,16H,1-6,8,10H2,(H2,13,14,15,17). The molecule has 0 unspecified atom stereocenters. The number of aliphatic hydroxyl groups excluding tert-OH is 1. The van der Waals surface area contributed by atoms with Gasteiger partial charge in [-0.25, -0.2) is 4.79 Å². The van der Waals surface area contributed by atoms with Gasteiger partial charge in [0, 0.05) is 19.3 Å². The monoisotopic (exact) mass is 239 g/mol. The van der Waals surface area contributed by atoms with Crippen molar-refractivity contribution < 1.29 is 5.11 Å². The predicted octanol–water partition coefficient (Wildman–Crippen LogP) is 1.51. The normalized spacial score (nSPS) is 10.4. The zero-order valence-electron chi connectivity index (χ0n) is 10.1. The number of aliphatic hydroxyl groups is 1. The van der Waals surface area contributed by atoms with Crippen molar-refractivity contribution in [3.63, 3.8) is 0 Å². The van der Waals surface area contributed by atoms with Crippen molar-refractivity contribution in [1.29, 1.82) is 0 Å². The maximum Gasteiger partial charge on any atom is 0.346 e. The molecule has 1 aromatic heterocycles. The molecule has 0 spiro atoms. The molecule has 1 rings (SSSR count). The number of hydrogen-bond donors (Lipinski definition) is 3. The van der Waals surface area contributed by atoms with Gasteiger partial charge >= 0.3 is 5.69 Å². The van der Waals surface area contributed by atoms with E-state index in [0.717, 1.165) is 25.8 Å². The van der Waals surface area contributed by atoms with Crippen LogP contribution in [0.5, 0.6) is 0 Å². The van der Waals surface area contributed by atoms with Gasteiger partial charge in [0.1, 0.15) is 5.82 Å². The number of nitrogens with zero attached hydrogens (tertiary/aromatic N) is 1. The number of H-pyrrole nitrogens is 1. The SMILES string of the molecule is O=c1nc(NCCCCCCCCO)cc[nH]1. The quantitative estimate of drug-likeness (QED) is 0.571. The number of aromatic amines is 1. The van der Waals surface area contributed by atoms with E-state index in [2.05, 4.69) is 15.3 Å². The summed E-state index contributed by atoms with van der Waals surface area (Å²) in [5.41, 5.74) is -0.320. The van der Waals surface area contributed by atoms with Gasteiger partial charge in [0.05, 0.1) is 0 Å². The third-order valence-corrected chi connectivity index (χ3v) is 2.56. The predicted molar refractivity (Wildman–Crippen MR) is 68.1 cm³/mol. The number of unbranched alkanes of at least 4 members (excludes halogenated alkanes) is 5. The van der Waals surface area contributed by atoms with E-state index in [-0.39, 0.29) is 5.69 Å². The van der Waals surface area contributed by atoms with Crippen LogP contribution in [0.4, 0.5) is 5.82 Å². The van der Waals surface area contributed by atoms with Gasteiger partial charge in [0.2, 0.25) is 0 Å². The largest absolute Gasteiger partial charge is 0.396 e. The Hall–Kier alpha value is -1.36. The lowest BCUT2D eigenvalue weighted by atomic mass is 10.1. The molecule has 0 amide bonds. The van der Waals surface area contributed by atoms with Gasteiger partial charge in [-0.2, -0.15) is 4.98 Å². The minimum absolute atomic E-state index is 0.301. The molecule has 0 saturated carbocycles. The molecule has 0 fully saturated rings. The molecule has 0 radical (unpaired) electrons. The first-order valence-corrected chi connectivity index (χ1v) is 6.23. The zero-order valence-corrected chi connectivity index (χ0v) is 10.1. The average Bonchev–Trinajstić information content (AvgIpc) is 2.33. The van der Waals surface area contributed by atoms with Crippen molar-refractivity contribution in [2.24, 2.45) is 0 Å². The van der Waals surface area contributed by atoms with Crippen molar-refractivity contribution in [3.05, 3.63) is 22.7 Å². The van der Waals surface area contributed by atoms with Crippen LogP contribution >= 0.6 is 0 Å². The number of nitrogens with one attached hydrogen (secondary N) is 2. The second-order valence-electron chi connectivity index (χ2n) is 4.05. The molecule has 5 heteroatoms. The van der Waals surface area contributed by atoms with Gasteiger partial charge in [-0.1, -0.05) is 25.7 Å². The van der Waals surface area contributed by atoms with E-state index in [0.29, 0.717) is 12.4 Å². The fourth-order valence-corrected chi connectivity index (χ4v) is 1.63. The van der Waals surface area contributed by atoms with E-state index >= 15 is 0 Å². The molecule has 96 valence electrons. The molecule has 1 heterocycles. The van der Waals surface area contributed by atoms with Crippen molar-refractivity contribution in [2.75, 3.05) is 18.5 Å². The van der Waals surface area contributed by atoms with Crippen molar-refractivity contribution in [1.82, 2.24) is 9.97 Å². The number of anilines is 1. The van der Waals surface area contributed by atoms with Gasteiger partial charge in [-0.05, 0) is 18.9 Å². The fraction of sp³-hybridized carbons (Fsp3) is 0.667. The van der Waals surface area contributed by atoms with Gasteiger partial charge in [0.15, 0.2) is 0 Å². The molecule has 1 aromatic rings. The van der Waals surface area contributed by atoms with Crippen molar-refractivity contribution in [2.45, 2.75) is 38.5 Å². The summed E-state index contributed by atoms with van der Waals surface area (Å²) >= 11 is 0. The van der Waals surface area contributed by atoms with Crippen molar-refractivity contribution in [3.8, 4) is 0 Å². The van der Waals surface area contributed by atoms with E-state index in [4.69, 9.17) is 5.11 Å². The third-order valence-electron chi connectivity index (χ3n) is 2.56. The Balaban J connectivity index is 1.99. The first-order chi connectivity index (χ1) is 8.33. The summed E-state index contributed by atoms with van der Waals surface area (Å²) in [5.74, 6) is 0.633. The Morgan fingerprint density at radius 1 is 1.18 bits per heavy atom. The first kappa shape index (κ1) is 13.7. The van der Waals surface area contributed by atoms with E-state index in [1.165, 1.54) is 19.3 Å². The fourth-order valence-electron chi connectivity index (χ4n) is 1.63. The molecule has 17 heavy (non-hydrogen) atoms. The van der Waals surface area contributed by atoms with Crippen LogP contribution in [-0.4, -0.2) is 28.2 Å². The Kier molecular flexibility index (Phi) is 7.06. The molecule has 0 atom stereocenters. The van der Waals surface area contributed by atoms with Gasteiger partial charge in [-0.3, -0.25) is 0 Å². The average molecular weight is 239 g/mol. The second kappa shape index (κ2) is 8.75. The molecule has 3 N–H and O–H groups in total. The number of rotatable bonds is 9. The minimum atomic E-state index is -0.320. The van der Waals surface area contributed by atoms with Crippen LogP contribution in [0.25, 0.3) is 0 Å². The van der Waals surface area contributed by atoms with Gasteiger partial charge in [-0.15, -0.1) is 0 Å². The highest BCUT2D eigenvalue weighted by Gasteiger charge is 1.94. The van der Waals surface area contributed by atoms with E-state index in [1.54, 1.807) is 12.3 Å². The van der Waals surface area contributed by atoms with Crippen LogP contribution in [0.15, 0.2) is 17.1 Å². The molecule has 0 saturated heterocycles. The summed E-state index contributed by atoms with van der Waals surface area (Å²) in [6, 6.07) is 1.75. The molecular weight excluding hydrogens is 218 g/mol. The van der Waals surface area contributed by atoms with Crippen LogP contribution in [0.3, 0.4) is 0 Å². The lowest BCUT2D eigenvalue weighted by Gasteiger charge is -2.04. The lowest BCUT2D eigenvalue weighted by Crippen LogP contribution is -2.13. The summed E-state index contributed by atoms with van der Waals surface area (Å²) in [7, 11) is 0. The molecule has 0 aliphatic heterocycles. The Bertz CT molecular complexity index is 352. The first-order valence-electron chi connectivity index (χ1n) is 6.23. The van der Waals surface area contributed by atoms with Gasteiger partial charge in [0.25, 0.3) is 0 Å². The number of hydrogen-bond acceptors (Lipinski definition) is 4. The highest BCUT2D eigenvalue weighted by Crippen LogP contribution is 2.05. The third kappa shape index (κ3) is 6.73. The summed E-state index contributed by atoms with van der Waals surface area (Å²) in [4.78, 5) is 17.2. The van der Waals surface area contributed by atoms with Crippen LogP contribution in [-0.2, 0) is 0 Å². The zero-order chi connectivity index (χ0) is 12.3. The Morgan fingerprint density at radius 2 is 1.88 bits per heavy atom. The highest BCUT2D eigenvalue weighted by molar-refractivity contribution is 5.31. The summed E-state index contributed by atoms with van der Waals surface area (Å²) in [6.45, 7) is 1.15. The van der Waals surface area contributed by atoms with E-state index in [1.807, 2.05) is 0 Å². The molecular formula is C12H21N3O2. The van der Waals surface area contributed by atoms with E-state index < -0.39 is 0 Å². The molecule has 5 nitrogen and oxygen atoms in total. The molecule has 0 aliphatic carbocycles. The topological polar surface area (TPSA) is 78.0 Å². The van der Waals surface area contributed by atoms with Gasteiger partial charge < -0.3 is 15.4 Å². The summed E-state index contributed by atoms with van der Waals surface area (Å²) < 4.78 is 0.